The molecule has 1 nitrogen and oxygen atoms in total. The molecule has 0 saturated carbocycles. The number of carbonyl (C=O) groups excluding carboxylic acids is 1. The minimum atomic E-state index is -0.182. The molecule has 0 saturated heterocycles. The van der Waals surface area contributed by atoms with Gasteiger partial charge in [0.1, 0.15) is 0 Å². The first-order valence-corrected chi connectivity index (χ1v) is 11.5. The predicted octanol–water partition coefficient (Wildman–Crippen LogP) is 8.74. The van der Waals surface area contributed by atoms with Crippen molar-refractivity contribution < 1.29 is 4.79 Å². The zero-order valence-corrected chi connectivity index (χ0v) is 17.6. The molecule has 2 heteroatoms. The molecular weight excluding hydrogens is 328 g/mol. The number of hydrogen-bond acceptors (Lipinski definition) is 1. The van der Waals surface area contributed by atoms with Crippen LogP contribution in [0.1, 0.15) is 129 Å². The Balaban J connectivity index is 3.04. The fourth-order valence-electron chi connectivity index (χ4n) is 3.22. The molecule has 0 fully saturated rings. The summed E-state index contributed by atoms with van der Waals surface area (Å²) in [4.78, 5) is 10.6. The van der Waals surface area contributed by atoms with Gasteiger partial charge in [-0.15, -0.1) is 0 Å². The lowest BCUT2D eigenvalue weighted by atomic mass is 10.0. The van der Waals surface area contributed by atoms with E-state index in [0.29, 0.717) is 6.42 Å². The summed E-state index contributed by atoms with van der Waals surface area (Å²) in [6.45, 7) is 2.26. The highest BCUT2D eigenvalue weighted by Gasteiger charge is 1.96. The smallest absolute Gasteiger partial charge is 0.221 e. The Kier molecular flexibility index (Phi) is 21.5. The molecule has 0 N–H and O–H groups in total. The summed E-state index contributed by atoms with van der Waals surface area (Å²) in [6.07, 6.45) is 29.3. The molecule has 0 aliphatic heterocycles. The van der Waals surface area contributed by atoms with Gasteiger partial charge in [-0.2, -0.15) is 0 Å². The quantitative estimate of drug-likeness (QED) is 0.119. The highest BCUT2D eigenvalue weighted by atomic mass is 35.5. The van der Waals surface area contributed by atoms with Crippen molar-refractivity contribution in [1.82, 2.24) is 0 Å². The van der Waals surface area contributed by atoms with E-state index in [4.69, 9.17) is 11.6 Å². The van der Waals surface area contributed by atoms with Gasteiger partial charge in [0.2, 0.25) is 5.24 Å². The summed E-state index contributed by atoms with van der Waals surface area (Å²) in [7, 11) is 0. The van der Waals surface area contributed by atoms with E-state index in [2.05, 4.69) is 19.1 Å². The molecule has 0 aromatic carbocycles. The molecular formula is C23H43ClO. The number of carbonyl (C=O) groups is 1. The van der Waals surface area contributed by atoms with Crippen molar-refractivity contribution in [2.45, 2.75) is 129 Å². The molecule has 25 heavy (non-hydrogen) atoms. The first-order chi connectivity index (χ1) is 12.3. The van der Waals surface area contributed by atoms with E-state index >= 15 is 0 Å². The molecule has 0 amide bonds. The maximum absolute atomic E-state index is 10.6. The Morgan fingerprint density at radius 3 is 1.36 bits per heavy atom. The molecule has 0 spiro atoms. The van der Waals surface area contributed by atoms with Crippen LogP contribution in [-0.2, 0) is 4.79 Å². The predicted molar refractivity (Wildman–Crippen MR) is 113 cm³/mol. The summed E-state index contributed by atoms with van der Waals surface area (Å²) < 4.78 is 0. The molecule has 0 aliphatic rings. The van der Waals surface area contributed by atoms with Crippen LogP contribution in [0.3, 0.4) is 0 Å². The van der Waals surface area contributed by atoms with Gasteiger partial charge in [-0.3, -0.25) is 4.79 Å². The number of allylic oxidation sites excluding steroid dienone is 2. The van der Waals surface area contributed by atoms with Crippen molar-refractivity contribution in [2.75, 3.05) is 0 Å². The minimum absolute atomic E-state index is 0.182. The van der Waals surface area contributed by atoms with E-state index in [1.165, 1.54) is 103 Å². The Morgan fingerprint density at radius 1 is 0.600 bits per heavy atom. The zero-order valence-electron chi connectivity index (χ0n) is 16.9. The molecule has 0 unspecified atom stereocenters. The molecule has 0 bridgehead atoms. The van der Waals surface area contributed by atoms with Crippen molar-refractivity contribution >= 4 is 16.8 Å². The summed E-state index contributed by atoms with van der Waals surface area (Å²) in [5, 5.41) is -0.182. The fourth-order valence-corrected chi connectivity index (χ4v) is 3.35. The summed E-state index contributed by atoms with van der Waals surface area (Å²) in [6, 6.07) is 0. The average molecular weight is 371 g/mol. The van der Waals surface area contributed by atoms with Gasteiger partial charge in [-0.25, -0.2) is 0 Å². The second kappa shape index (κ2) is 21.7. The van der Waals surface area contributed by atoms with E-state index in [-0.39, 0.29) is 5.24 Å². The van der Waals surface area contributed by atoms with Crippen LogP contribution in [-0.4, -0.2) is 5.24 Å². The monoisotopic (exact) mass is 370 g/mol. The molecule has 0 atom stereocenters. The first-order valence-electron chi connectivity index (χ1n) is 11.1. The van der Waals surface area contributed by atoms with Crippen LogP contribution < -0.4 is 0 Å². The Morgan fingerprint density at radius 2 is 0.960 bits per heavy atom. The SMILES string of the molecule is CCCCC/C=C/CCCCCCCCCCCCCCCC(=O)Cl. The minimum Gasteiger partial charge on any atom is -0.281 e. The van der Waals surface area contributed by atoms with E-state index in [1.807, 2.05) is 0 Å². The lowest BCUT2D eigenvalue weighted by Gasteiger charge is -2.03. The fraction of sp³-hybridized carbons (Fsp3) is 0.870. The summed E-state index contributed by atoms with van der Waals surface area (Å²) >= 11 is 5.32. The summed E-state index contributed by atoms with van der Waals surface area (Å²) in [5.41, 5.74) is 0. The van der Waals surface area contributed by atoms with Crippen LogP contribution in [0.5, 0.6) is 0 Å². The lowest BCUT2D eigenvalue weighted by molar-refractivity contribution is -0.111. The van der Waals surface area contributed by atoms with Gasteiger partial charge >= 0.3 is 0 Å². The standard InChI is InChI=1S/C23H43ClO/c1-2-3-4-5-6-7-8-9-10-11-12-13-14-15-16-17-18-19-20-21-22-23(24)25/h6-7H,2-5,8-22H2,1H3/b7-6+. The van der Waals surface area contributed by atoms with E-state index < -0.39 is 0 Å². The molecule has 0 aromatic rings. The Labute approximate surface area is 163 Å². The number of hydrogen-bond donors (Lipinski definition) is 0. The normalized spacial score (nSPS) is 11.4. The molecule has 148 valence electrons. The average Bonchev–Trinajstić information content (AvgIpc) is 2.60. The third kappa shape index (κ3) is 23.7. The third-order valence-electron chi connectivity index (χ3n) is 4.89. The van der Waals surface area contributed by atoms with Crippen molar-refractivity contribution in [3.8, 4) is 0 Å². The maximum Gasteiger partial charge on any atom is 0.221 e. The van der Waals surface area contributed by atoms with Crippen LogP contribution in [0.15, 0.2) is 12.2 Å². The van der Waals surface area contributed by atoms with Crippen molar-refractivity contribution in [3.05, 3.63) is 12.2 Å². The summed E-state index contributed by atoms with van der Waals surface area (Å²) in [5.74, 6) is 0. The van der Waals surface area contributed by atoms with Gasteiger partial charge in [-0.1, -0.05) is 103 Å². The van der Waals surface area contributed by atoms with Crippen LogP contribution in [0.25, 0.3) is 0 Å². The largest absolute Gasteiger partial charge is 0.281 e. The van der Waals surface area contributed by atoms with E-state index in [9.17, 15) is 4.79 Å². The van der Waals surface area contributed by atoms with Crippen LogP contribution in [0.4, 0.5) is 0 Å². The van der Waals surface area contributed by atoms with Crippen molar-refractivity contribution in [2.24, 2.45) is 0 Å². The second-order valence-corrected chi connectivity index (χ2v) is 7.88. The Bertz CT molecular complexity index is 298. The third-order valence-corrected chi connectivity index (χ3v) is 5.07. The number of rotatable bonds is 20. The van der Waals surface area contributed by atoms with Gasteiger partial charge in [0.05, 0.1) is 0 Å². The van der Waals surface area contributed by atoms with Crippen molar-refractivity contribution in [3.63, 3.8) is 0 Å². The number of halogens is 1. The maximum atomic E-state index is 10.6. The van der Waals surface area contributed by atoms with E-state index in [1.54, 1.807) is 0 Å². The number of unbranched alkanes of at least 4 members (excludes halogenated alkanes) is 16. The highest BCUT2D eigenvalue weighted by molar-refractivity contribution is 6.63. The van der Waals surface area contributed by atoms with Crippen LogP contribution >= 0.6 is 11.6 Å². The molecule has 0 heterocycles. The van der Waals surface area contributed by atoms with E-state index in [0.717, 1.165) is 12.8 Å². The van der Waals surface area contributed by atoms with Crippen LogP contribution in [0, 0.1) is 0 Å². The molecule has 0 rings (SSSR count). The zero-order chi connectivity index (χ0) is 18.4. The molecule has 0 aliphatic carbocycles. The second-order valence-electron chi connectivity index (χ2n) is 7.46. The molecule has 0 aromatic heterocycles. The van der Waals surface area contributed by atoms with Gasteiger partial charge < -0.3 is 0 Å². The van der Waals surface area contributed by atoms with Crippen molar-refractivity contribution in [1.29, 1.82) is 0 Å². The topological polar surface area (TPSA) is 17.1 Å². The first kappa shape index (κ1) is 24.7. The van der Waals surface area contributed by atoms with Gasteiger partial charge in [-0.05, 0) is 43.7 Å². The lowest BCUT2D eigenvalue weighted by Crippen LogP contribution is -1.86. The molecule has 0 radical (unpaired) electrons. The van der Waals surface area contributed by atoms with Gasteiger partial charge in [0, 0.05) is 6.42 Å². The van der Waals surface area contributed by atoms with Gasteiger partial charge in [0.15, 0.2) is 0 Å². The highest BCUT2D eigenvalue weighted by Crippen LogP contribution is 2.13. The Hall–Kier alpha value is -0.300. The van der Waals surface area contributed by atoms with Gasteiger partial charge in [0.25, 0.3) is 0 Å². The van der Waals surface area contributed by atoms with Crippen LogP contribution in [0.2, 0.25) is 0 Å².